The topological polar surface area (TPSA) is 107 Å². The highest BCUT2D eigenvalue weighted by Crippen LogP contribution is 2.35. The fourth-order valence-corrected chi connectivity index (χ4v) is 8.05. The SMILES string of the molecule is Cc1cc(CC(OC(=O)N2CCC(N3CCc4ccccc4NC3=O)CC2)C(=O)N2CCC(N3CCN(C)CC3)CC2)cc2c1OCCO2. The molecule has 0 radical (unpaired) electrons. The molecule has 5 aliphatic heterocycles. The van der Waals surface area contributed by atoms with Crippen LogP contribution >= 0.6 is 0 Å². The molecule has 264 valence electrons. The van der Waals surface area contributed by atoms with E-state index in [9.17, 15) is 14.4 Å². The number of benzene rings is 2. The number of hydrogen-bond acceptors (Lipinski definition) is 8. The lowest BCUT2D eigenvalue weighted by Gasteiger charge is -2.42. The number of piperazine rings is 1. The van der Waals surface area contributed by atoms with Crippen molar-refractivity contribution in [1.29, 1.82) is 0 Å². The molecule has 7 rings (SSSR count). The van der Waals surface area contributed by atoms with Gasteiger partial charge in [-0.3, -0.25) is 9.69 Å². The Morgan fingerprint density at radius 2 is 1.57 bits per heavy atom. The molecule has 2 aromatic rings. The van der Waals surface area contributed by atoms with Crippen LogP contribution in [0.2, 0.25) is 0 Å². The summed E-state index contributed by atoms with van der Waals surface area (Å²) >= 11 is 0. The largest absolute Gasteiger partial charge is 0.486 e. The molecule has 1 unspecified atom stereocenters. The summed E-state index contributed by atoms with van der Waals surface area (Å²) in [6.07, 6.45) is 2.74. The standard InChI is InChI=1S/C37H50N6O6/c1-26-23-27(24-32-34(26)48-22-21-47-32)25-33(35(44)41-12-8-29(9-13-41)40-19-17-39(2)18-20-40)49-37(46)42-14-10-30(11-15-42)43-16-7-28-5-3-4-6-31(28)38-36(43)45/h3-6,23-24,29-30,33H,7-22,25H2,1-2H3,(H,38,45). The van der Waals surface area contributed by atoms with Gasteiger partial charge in [-0.05, 0) is 74.9 Å². The quantitative estimate of drug-likeness (QED) is 0.496. The summed E-state index contributed by atoms with van der Waals surface area (Å²) in [5.41, 5.74) is 3.79. The Hall–Kier alpha value is -4.03. The van der Waals surface area contributed by atoms with Gasteiger partial charge in [-0.2, -0.15) is 0 Å². The molecule has 0 aliphatic carbocycles. The zero-order valence-corrected chi connectivity index (χ0v) is 28.9. The molecule has 0 aromatic heterocycles. The summed E-state index contributed by atoms with van der Waals surface area (Å²) < 4.78 is 17.8. The number of para-hydroxylation sites is 1. The average molecular weight is 675 g/mol. The Labute approximate surface area is 289 Å². The van der Waals surface area contributed by atoms with Gasteiger partial charge < -0.3 is 39.1 Å². The van der Waals surface area contributed by atoms with Gasteiger partial charge in [0, 0.05) is 83.1 Å². The third-order valence-electron chi connectivity index (χ3n) is 11.0. The summed E-state index contributed by atoms with van der Waals surface area (Å²) in [5.74, 6) is 1.24. The Bertz CT molecular complexity index is 1510. The number of likely N-dealkylation sites (N-methyl/N-ethyl adjacent to an activating group) is 1. The van der Waals surface area contributed by atoms with Gasteiger partial charge in [-0.25, -0.2) is 9.59 Å². The van der Waals surface area contributed by atoms with Gasteiger partial charge in [0.1, 0.15) is 13.2 Å². The van der Waals surface area contributed by atoms with Gasteiger partial charge in [0.15, 0.2) is 17.6 Å². The monoisotopic (exact) mass is 674 g/mol. The van der Waals surface area contributed by atoms with E-state index in [0.29, 0.717) is 70.6 Å². The predicted molar refractivity (Wildman–Crippen MR) is 185 cm³/mol. The van der Waals surface area contributed by atoms with Crippen LogP contribution in [0.5, 0.6) is 11.5 Å². The Morgan fingerprint density at radius 1 is 0.878 bits per heavy atom. The number of hydrogen-bond donors (Lipinski definition) is 1. The van der Waals surface area contributed by atoms with E-state index in [0.717, 1.165) is 73.6 Å². The minimum absolute atomic E-state index is 0.0260. The minimum Gasteiger partial charge on any atom is -0.486 e. The molecule has 3 saturated heterocycles. The van der Waals surface area contributed by atoms with Crippen LogP contribution in [-0.4, -0.2) is 140 Å². The molecule has 12 heteroatoms. The number of fused-ring (bicyclic) bond motifs is 2. The number of urea groups is 1. The molecular weight excluding hydrogens is 624 g/mol. The number of nitrogens with zero attached hydrogens (tertiary/aromatic N) is 5. The van der Waals surface area contributed by atoms with Crippen molar-refractivity contribution in [3.8, 4) is 11.5 Å². The molecule has 0 bridgehead atoms. The Morgan fingerprint density at radius 3 is 2.35 bits per heavy atom. The summed E-state index contributed by atoms with van der Waals surface area (Å²) in [7, 11) is 2.17. The number of ether oxygens (including phenoxy) is 3. The zero-order valence-electron chi connectivity index (χ0n) is 28.9. The van der Waals surface area contributed by atoms with E-state index in [1.165, 1.54) is 0 Å². The molecule has 5 heterocycles. The summed E-state index contributed by atoms with van der Waals surface area (Å²) in [6.45, 7) is 10.1. The predicted octanol–water partition coefficient (Wildman–Crippen LogP) is 3.61. The van der Waals surface area contributed by atoms with Crippen molar-refractivity contribution in [1.82, 2.24) is 24.5 Å². The summed E-state index contributed by atoms with van der Waals surface area (Å²) in [5, 5.41) is 3.06. The van der Waals surface area contributed by atoms with Crippen LogP contribution in [0.4, 0.5) is 15.3 Å². The first-order valence-corrected chi connectivity index (χ1v) is 18.0. The average Bonchev–Trinajstić information content (AvgIpc) is 3.29. The third-order valence-corrected chi connectivity index (χ3v) is 11.0. The number of aryl methyl sites for hydroxylation is 1. The Balaban J connectivity index is 0.998. The van der Waals surface area contributed by atoms with Crippen LogP contribution in [0.15, 0.2) is 36.4 Å². The van der Waals surface area contributed by atoms with Gasteiger partial charge in [0.05, 0.1) is 0 Å². The maximum absolute atomic E-state index is 14.1. The van der Waals surface area contributed by atoms with E-state index >= 15 is 0 Å². The van der Waals surface area contributed by atoms with Crippen LogP contribution in [0.3, 0.4) is 0 Å². The van der Waals surface area contributed by atoms with Gasteiger partial charge in [0.2, 0.25) is 0 Å². The number of piperidine rings is 2. The maximum atomic E-state index is 14.1. The van der Waals surface area contributed by atoms with Gasteiger partial charge in [-0.1, -0.05) is 24.3 Å². The molecule has 1 N–H and O–H groups in total. The van der Waals surface area contributed by atoms with Crippen LogP contribution in [0.25, 0.3) is 0 Å². The molecule has 12 nitrogen and oxygen atoms in total. The van der Waals surface area contributed by atoms with Crippen molar-refractivity contribution in [2.24, 2.45) is 0 Å². The molecular formula is C37H50N6O6. The number of likely N-dealkylation sites (tertiary alicyclic amines) is 2. The van der Waals surface area contributed by atoms with E-state index in [-0.39, 0.29) is 24.4 Å². The summed E-state index contributed by atoms with van der Waals surface area (Å²) in [4.78, 5) is 51.4. The van der Waals surface area contributed by atoms with Crippen molar-refractivity contribution in [3.05, 3.63) is 53.1 Å². The van der Waals surface area contributed by atoms with Crippen molar-refractivity contribution < 1.29 is 28.6 Å². The number of nitrogens with one attached hydrogen (secondary N) is 1. The van der Waals surface area contributed by atoms with Crippen molar-refractivity contribution in [3.63, 3.8) is 0 Å². The van der Waals surface area contributed by atoms with E-state index in [1.807, 2.05) is 47.1 Å². The number of rotatable bonds is 6. The van der Waals surface area contributed by atoms with E-state index in [2.05, 4.69) is 28.2 Å². The maximum Gasteiger partial charge on any atom is 0.410 e. The van der Waals surface area contributed by atoms with Crippen LogP contribution in [0.1, 0.15) is 42.4 Å². The minimum atomic E-state index is -0.956. The van der Waals surface area contributed by atoms with E-state index in [1.54, 1.807) is 4.90 Å². The second-order valence-corrected chi connectivity index (χ2v) is 14.2. The number of carbonyl (C=O) groups excluding carboxylic acids is 3. The lowest BCUT2D eigenvalue weighted by Crippen LogP contribution is -2.54. The highest BCUT2D eigenvalue weighted by atomic mass is 16.6. The Kier molecular flexibility index (Phi) is 10.1. The van der Waals surface area contributed by atoms with E-state index < -0.39 is 12.2 Å². The first kappa shape index (κ1) is 33.5. The number of amides is 4. The number of anilines is 1. The van der Waals surface area contributed by atoms with Gasteiger partial charge in [-0.15, -0.1) is 0 Å². The normalized spacial score (nSPS) is 21.8. The second kappa shape index (κ2) is 14.8. The number of carbonyl (C=O) groups is 3. The second-order valence-electron chi connectivity index (χ2n) is 14.2. The zero-order chi connectivity index (χ0) is 33.9. The smallest absolute Gasteiger partial charge is 0.410 e. The van der Waals surface area contributed by atoms with E-state index in [4.69, 9.17) is 14.2 Å². The summed E-state index contributed by atoms with van der Waals surface area (Å²) in [6, 6.07) is 12.2. The lowest BCUT2D eigenvalue weighted by molar-refractivity contribution is -0.142. The third kappa shape index (κ3) is 7.60. The molecule has 4 amide bonds. The van der Waals surface area contributed by atoms with Gasteiger partial charge >= 0.3 is 12.1 Å². The molecule has 0 spiro atoms. The molecule has 5 aliphatic rings. The lowest BCUT2D eigenvalue weighted by atomic mass is 9.99. The van der Waals surface area contributed by atoms with Crippen molar-refractivity contribution >= 4 is 23.7 Å². The molecule has 2 aromatic carbocycles. The van der Waals surface area contributed by atoms with Crippen molar-refractivity contribution in [2.75, 3.05) is 84.5 Å². The fourth-order valence-electron chi connectivity index (χ4n) is 8.05. The first-order chi connectivity index (χ1) is 23.8. The highest BCUT2D eigenvalue weighted by molar-refractivity contribution is 5.91. The van der Waals surface area contributed by atoms with Crippen LogP contribution in [-0.2, 0) is 22.4 Å². The first-order valence-electron chi connectivity index (χ1n) is 18.0. The van der Waals surface area contributed by atoms with Gasteiger partial charge in [0.25, 0.3) is 5.91 Å². The van der Waals surface area contributed by atoms with Crippen LogP contribution < -0.4 is 14.8 Å². The molecule has 3 fully saturated rings. The molecule has 1 atom stereocenters. The fraction of sp³-hybridized carbons (Fsp3) is 0.595. The van der Waals surface area contributed by atoms with Crippen molar-refractivity contribution in [2.45, 2.75) is 63.6 Å². The highest BCUT2D eigenvalue weighted by Gasteiger charge is 2.36. The molecule has 49 heavy (non-hydrogen) atoms. The van der Waals surface area contributed by atoms with Crippen LogP contribution in [0, 0.1) is 6.92 Å². The molecule has 0 saturated carbocycles.